The van der Waals surface area contributed by atoms with Gasteiger partial charge in [-0.05, 0) is 50.1 Å². The first kappa shape index (κ1) is 24.5. The molecule has 1 heterocycles. The first-order valence-electron chi connectivity index (χ1n) is 11.1. The van der Waals surface area contributed by atoms with Gasteiger partial charge in [0.25, 0.3) is 5.91 Å². The Hall–Kier alpha value is -3.65. The smallest absolute Gasteiger partial charge is 0.421 e. The SMILES string of the molecule is CC(C)(C)OC(=O)N1C(=O)[C@@](NCc2ccc(C(F)(F)F)cc2)(c2ccccc2)c2ccccc21. The van der Waals surface area contributed by atoms with Gasteiger partial charge in [-0.15, -0.1) is 0 Å². The number of ether oxygens (including phenoxy) is 1. The highest BCUT2D eigenvalue weighted by atomic mass is 19.4. The van der Waals surface area contributed by atoms with Crippen LogP contribution in [0.5, 0.6) is 0 Å². The highest BCUT2D eigenvalue weighted by Gasteiger charge is 2.54. The number of halogens is 3. The van der Waals surface area contributed by atoms with Crippen LogP contribution in [0.25, 0.3) is 0 Å². The third-order valence-corrected chi connectivity index (χ3v) is 5.69. The van der Waals surface area contributed by atoms with Crippen molar-refractivity contribution in [2.75, 3.05) is 4.90 Å². The summed E-state index contributed by atoms with van der Waals surface area (Å²) in [5.41, 5.74) is -0.943. The van der Waals surface area contributed by atoms with Crippen LogP contribution in [0.3, 0.4) is 0 Å². The molecule has 0 bridgehead atoms. The summed E-state index contributed by atoms with van der Waals surface area (Å²) in [6.07, 6.45) is -5.24. The van der Waals surface area contributed by atoms with E-state index in [9.17, 15) is 22.8 Å². The Kier molecular flexibility index (Phi) is 6.19. The number of hydrogen-bond donors (Lipinski definition) is 1. The molecule has 2 amide bonds. The second kappa shape index (κ2) is 8.85. The van der Waals surface area contributed by atoms with E-state index < -0.39 is 34.9 Å². The normalized spacial score (nSPS) is 17.9. The molecule has 3 aromatic carbocycles. The van der Waals surface area contributed by atoms with Gasteiger partial charge < -0.3 is 4.74 Å². The topological polar surface area (TPSA) is 58.6 Å². The Morgan fingerprint density at radius 3 is 2.11 bits per heavy atom. The molecule has 0 aromatic heterocycles. The van der Waals surface area contributed by atoms with E-state index in [2.05, 4.69) is 5.32 Å². The van der Waals surface area contributed by atoms with E-state index in [4.69, 9.17) is 4.74 Å². The average molecular weight is 483 g/mol. The summed E-state index contributed by atoms with van der Waals surface area (Å²) in [5, 5.41) is 3.26. The maximum absolute atomic E-state index is 14.0. The lowest BCUT2D eigenvalue weighted by molar-refractivity contribution is -0.137. The minimum absolute atomic E-state index is 0.0786. The van der Waals surface area contributed by atoms with Gasteiger partial charge in [0.1, 0.15) is 5.60 Å². The number of fused-ring (bicyclic) bond motifs is 1. The molecule has 35 heavy (non-hydrogen) atoms. The third kappa shape index (κ3) is 4.66. The van der Waals surface area contributed by atoms with Gasteiger partial charge in [0.05, 0.1) is 11.3 Å². The predicted molar refractivity (Wildman–Crippen MR) is 126 cm³/mol. The molecule has 182 valence electrons. The Morgan fingerprint density at radius 2 is 1.51 bits per heavy atom. The average Bonchev–Trinajstić information content (AvgIpc) is 3.05. The Balaban J connectivity index is 1.77. The van der Waals surface area contributed by atoms with E-state index >= 15 is 0 Å². The van der Waals surface area contributed by atoms with E-state index in [0.717, 1.165) is 17.0 Å². The highest BCUT2D eigenvalue weighted by Crippen LogP contribution is 2.45. The lowest BCUT2D eigenvalue weighted by atomic mass is 9.83. The second-order valence-corrected chi connectivity index (χ2v) is 9.30. The predicted octanol–water partition coefficient (Wildman–Crippen LogP) is 6.02. The zero-order valence-corrected chi connectivity index (χ0v) is 19.5. The zero-order chi connectivity index (χ0) is 25.4. The molecule has 1 aliphatic heterocycles. The summed E-state index contributed by atoms with van der Waals surface area (Å²) < 4.78 is 44.4. The molecule has 4 rings (SSSR count). The maximum Gasteiger partial charge on any atom is 0.421 e. The number of alkyl halides is 3. The van der Waals surface area contributed by atoms with Crippen LogP contribution in [0.4, 0.5) is 23.7 Å². The lowest BCUT2D eigenvalue weighted by Crippen LogP contribution is -2.53. The number of nitrogens with one attached hydrogen (secondary N) is 1. The molecule has 0 aliphatic carbocycles. The third-order valence-electron chi connectivity index (χ3n) is 5.69. The molecular weight excluding hydrogens is 457 g/mol. The molecule has 3 aromatic rings. The molecule has 5 nitrogen and oxygen atoms in total. The van der Waals surface area contributed by atoms with Crippen molar-refractivity contribution in [1.29, 1.82) is 0 Å². The summed E-state index contributed by atoms with van der Waals surface area (Å²) in [5.74, 6) is -0.550. The van der Waals surface area contributed by atoms with E-state index in [0.29, 0.717) is 22.4 Å². The number of carbonyl (C=O) groups excluding carboxylic acids is 2. The molecule has 8 heteroatoms. The fraction of sp³-hybridized carbons (Fsp3) is 0.259. The zero-order valence-electron chi connectivity index (χ0n) is 19.5. The molecule has 1 N–H and O–H groups in total. The molecule has 0 unspecified atom stereocenters. The molecular formula is C27H25F3N2O3. The lowest BCUT2D eigenvalue weighted by Gasteiger charge is -2.31. The maximum atomic E-state index is 14.0. The first-order valence-corrected chi connectivity index (χ1v) is 11.1. The van der Waals surface area contributed by atoms with Crippen LogP contribution in [-0.4, -0.2) is 17.6 Å². The van der Waals surface area contributed by atoms with Gasteiger partial charge >= 0.3 is 12.3 Å². The number of imide groups is 1. The molecule has 0 fully saturated rings. The second-order valence-electron chi connectivity index (χ2n) is 9.30. The van der Waals surface area contributed by atoms with Crippen LogP contribution >= 0.6 is 0 Å². The summed E-state index contributed by atoms with van der Waals surface area (Å²) in [6, 6.07) is 20.6. The van der Waals surface area contributed by atoms with E-state index in [1.165, 1.54) is 12.1 Å². The van der Waals surface area contributed by atoms with Gasteiger partial charge in [-0.3, -0.25) is 10.1 Å². The quantitative estimate of drug-likeness (QED) is 0.494. The summed E-state index contributed by atoms with van der Waals surface area (Å²) in [6.45, 7) is 5.22. The summed E-state index contributed by atoms with van der Waals surface area (Å²) in [4.78, 5) is 28.2. The van der Waals surface area contributed by atoms with Gasteiger partial charge in [0, 0.05) is 12.1 Å². The Morgan fingerprint density at radius 1 is 0.914 bits per heavy atom. The van der Waals surface area contributed by atoms with Gasteiger partial charge in [-0.1, -0.05) is 60.7 Å². The Labute approximate surface area is 201 Å². The van der Waals surface area contributed by atoms with Crippen molar-refractivity contribution >= 4 is 17.7 Å². The van der Waals surface area contributed by atoms with E-state index in [1.54, 1.807) is 69.3 Å². The van der Waals surface area contributed by atoms with E-state index in [-0.39, 0.29) is 6.54 Å². The van der Waals surface area contributed by atoms with Gasteiger partial charge in [-0.2, -0.15) is 13.2 Å². The van der Waals surface area contributed by atoms with Crippen LogP contribution in [0, 0.1) is 0 Å². The number of benzene rings is 3. The number of anilines is 1. The Bertz CT molecular complexity index is 1240. The summed E-state index contributed by atoms with van der Waals surface area (Å²) in [7, 11) is 0. The number of carbonyl (C=O) groups is 2. The number of nitrogens with zero attached hydrogens (tertiary/aromatic N) is 1. The molecule has 0 saturated carbocycles. The fourth-order valence-corrected chi connectivity index (χ4v) is 4.15. The van der Waals surface area contributed by atoms with Gasteiger partial charge in [0.2, 0.25) is 0 Å². The molecule has 0 saturated heterocycles. The molecule has 0 spiro atoms. The van der Waals surface area contributed by atoms with Crippen molar-refractivity contribution in [2.45, 2.75) is 44.6 Å². The minimum Gasteiger partial charge on any atom is -0.443 e. The van der Waals surface area contributed by atoms with Crippen LogP contribution in [0.1, 0.15) is 43.0 Å². The number of rotatable bonds is 4. The van der Waals surface area contributed by atoms with Crippen molar-refractivity contribution in [3.8, 4) is 0 Å². The number of amides is 2. The van der Waals surface area contributed by atoms with Gasteiger partial charge in [0.15, 0.2) is 5.54 Å². The van der Waals surface area contributed by atoms with Crippen molar-refractivity contribution in [2.24, 2.45) is 0 Å². The van der Waals surface area contributed by atoms with Crippen LogP contribution < -0.4 is 10.2 Å². The van der Waals surface area contributed by atoms with Gasteiger partial charge in [-0.25, -0.2) is 9.69 Å². The van der Waals surface area contributed by atoms with Crippen LogP contribution in [-0.2, 0) is 27.8 Å². The van der Waals surface area contributed by atoms with Crippen molar-refractivity contribution in [1.82, 2.24) is 5.32 Å². The fourth-order valence-electron chi connectivity index (χ4n) is 4.15. The largest absolute Gasteiger partial charge is 0.443 e. The number of para-hydroxylation sites is 1. The highest BCUT2D eigenvalue weighted by molar-refractivity contribution is 6.22. The van der Waals surface area contributed by atoms with Crippen LogP contribution in [0.15, 0.2) is 78.9 Å². The van der Waals surface area contributed by atoms with E-state index in [1.807, 2.05) is 6.07 Å². The number of hydrogen-bond acceptors (Lipinski definition) is 4. The first-order chi connectivity index (χ1) is 16.4. The van der Waals surface area contributed by atoms with Crippen molar-refractivity contribution in [3.05, 3.63) is 101 Å². The van der Waals surface area contributed by atoms with Crippen LogP contribution in [0.2, 0.25) is 0 Å². The molecule has 1 aliphatic rings. The van der Waals surface area contributed by atoms with Crippen molar-refractivity contribution < 1.29 is 27.5 Å². The molecule has 1 atom stereocenters. The monoisotopic (exact) mass is 482 g/mol. The summed E-state index contributed by atoms with van der Waals surface area (Å²) >= 11 is 0. The molecule has 0 radical (unpaired) electrons. The van der Waals surface area contributed by atoms with Crippen molar-refractivity contribution in [3.63, 3.8) is 0 Å². The standard InChI is InChI=1S/C27H25F3N2O3/c1-25(2,3)35-24(34)32-22-12-8-7-11-21(22)26(23(32)33,19-9-5-4-6-10-19)31-17-18-13-15-20(16-14-18)27(28,29)30/h4-16,31H,17H2,1-3H3/t26-/m1/s1. The minimum atomic E-state index is -4.44.